The lowest BCUT2D eigenvalue weighted by Crippen LogP contribution is -2.05. The molecule has 0 bridgehead atoms. The number of hydrogen-bond acceptors (Lipinski definition) is 5. The van der Waals surface area contributed by atoms with Gasteiger partial charge < -0.3 is 10.6 Å². The van der Waals surface area contributed by atoms with Gasteiger partial charge in [0.2, 0.25) is 11.9 Å². The summed E-state index contributed by atoms with van der Waals surface area (Å²) in [6.45, 7) is 1.46. The van der Waals surface area contributed by atoms with Crippen LogP contribution in [0.4, 0.5) is 21.7 Å². The number of amides is 1. The van der Waals surface area contributed by atoms with Crippen LogP contribution in [0.3, 0.4) is 0 Å². The fourth-order valence-electron chi connectivity index (χ4n) is 3.64. The summed E-state index contributed by atoms with van der Waals surface area (Å²) in [4.78, 5) is 24.9. The summed E-state index contributed by atoms with van der Waals surface area (Å²) in [5.74, 6) is -0.123. The highest BCUT2D eigenvalue weighted by molar-refractivity contribution is 6.31. The van der Waals surface area contributed by atoms with E-state index in [1.807, 2.05) is 18.2 Å². The van der Waals surface area contributed by atoms with Crippen LogP contribution in [0.1, 0.15) is 6.92 Å². The van der Waals surface area contributed by atoms with Crippen molar-refractivity contribution in [3.63, 3.8) is 0 Å². The van der Waals surface area contributed by atoms with Crippen molar-refractivity contribution in [2.75, 3.05) is 10.6 Å². The Morgan fingerprint density at radius 2 is 1.70 bits per heavy atom. The smallest absolute Gasteiger partial charge is 0.227 e. The number of carbonyl (C=O) groups excluding carboxylic acids is 1. The molecule has 0 saturated heterocycles. The van der Waals surface area contributed by atoms with E-state index in [9.17, 15) is 9.18 Å². The van der Waals surface area contributed by atoms with Crippen LogP contribution >= 0.6 is 11.6 Å². The average Bonchev–Trinajstić information content (AvgIpc) is 2.80. The fourth-order valence-corrected chi connectivity index (χ4v) is 3.82. The zero-order valence-electron chi connectivity index (χ0n) is 17.4. The molecule has 0 radical (unpaired) electrons. The molecule has 2 N–H and O–H groups in total. The topological polar surface area (TPSA) is 79.8 Å². The van der Waals surface area contributed by atoms with Crippen molar-refractivity contribution in [1.82, 2.24) is 15.0 Å². The molecule has 0 spiro atoms. The Morgan fingerprint density at radius 3 is 2.45 bits per heavy atom. The Kier molecular flexibility index (Phi) is 5.32. The first kappa shape index (κ1) is 20.8. The number of pyridine rings is 1. The van der Waals surface area contributed by atoms with Crippen molar-refractivity contribution in [3.8, 4) is 11.3 Å². The average molecular weight is 458 g/mol. The van der Waals surface area contributed by atoms with Crippen molar-refractivity contribution >= 4 is 56.6 Å². The molecule has 5 rings (SSSR count). The van der Waals surface area contributed by atoms with Crippen LogP contribution in [0.25, 0.3) is 33.1 Å². The number of rotatable bonds is 4. The van der Waals surface area contributed by atoms with Gasteiger partial charge in [0.1, 0.15) is 16.9 Å². The Morgan fingerprint density at radius 1 is 0.939 bits per heavy atom. The second-order valence-electron chi connectivity index (χ2n) is 7.44. The number of aromatic nitrogens is 3. The van der Waals surface area contributed by atoms with Gasteiger partial charge in [-0.2, -0.15) is 0 Å². The normalized spacial score (nSPS) is 11.0. The Balaban J connectivity index is 1.60. The van der Waals surface area contributed by atoms with E-state index in [1.165, 1.54) is 13.0 Å². The number of anilines is 3. The summed E-state index contributed by atoms with van der Waals surface area (Å²) in [6, 6.07) is 19.1. The van der Waals surface area contributed by atoms with E-state index in [1.54, 1.807) is 48.7 Å². The maximum Gasteiger partial charge on any atom is 0.227 e. The predicted octanol–water partition coefficient (Wildman–Crippen LogP) is 6.34. The van der Waals surface area contributed by atoms with E-state index >= 15 is 0 Å². The number of nitrogens with one attached hydrogen (secondary N) is 2. The van der Waals surface area contributed by atoms with Crippen LogP contribution in [0, 0.1) is 5.82 Å². The summed E-state index contributed by atoms with van der Waals surface area (Å²) >= 11 is 6.26. The molecule has 5 aromatic rings. The highest BCUT2D eigenvalue weighted by Crippen LogP contribution is 2.34. The highest BCUT2D eigenvalue weighted by Gasteiger charge is 2.15. The maximum absolute atomic E-state index is 14.6. The van der Waals surface area contributed by atoms with E-state index in [4.69, 9.17) is 11.6 Å². The summed E-state index contributed by atoms with van der Waals surface area (Å²) in [6.07, 6.45) is 1.61. The molecular formula is C25H17ClFN5O. The lowest BCUT2D eigenvalue weighted by Gasteiger charge is -2.12. The Labute approximate surface area is 193 Å². The van der Waals surface area contributed by atoms with E-state index in [0.717, 1.165) is 11.1 Å². The predicted molar refractivity (Wildman–Crippen MR) is 129 cm³/mol. The van der Waals surface area contributed by atoms with Gasteiger partial charge in [0, 0.05) is 39.7 Å². The van der Waals surface area contributed by atoms with Gasteiger partial charge in [0.25, 0.3) is 0 Å². The minimum Gasteiger partial charge on any atom is -0.326 e. The van der Waals surface area contributed by atoms with E-state index in [0.29, 0.717) is 44.3 Å². The molecular weight excluding hydrogens is 441 g/mol. The summed E-state index contributed by atoms with van der Waals surface area (Å²) in [5.41, 5.74) is 3.47. The fraction of sp³-hybridized carbons (Fsp3) is 0.0400. The molecule has 8 heteroatoms. The molecule has 0 fully saturated rings. The molecule has 33 heavy (non-hydrogen) atoms. The lowest BCUT2D eigenvalue weighted by molar-refractivity contribution is -0.114. The van der Waals surface area contributed by atoms with Crippen LogP contribution in [0.15, 0.2) is 72.9 Å². The third-order valence-corrected chi connectivity index (χ3v) is 5.32. The molecule has 0 saturated carbocycles. The minimum atomic E-state index is -0.368. The lowest BCUT2D eigenvalue weighted by atomic mass is 10.0. The van der Waals surface area contributed by atoms with E-state index < -0.39 is 0 Å². The Hall–Kier alpha value is -4.10. The molecule has 0 aliphatic carbocycles. The van der Waals surface area contributed by atoms with Gasteiger partial charge in [0.15, 0.2) is 0 Å². The van der Waals surface area contributed by atoms with Crippen molar-refractivity contribution in [1.29, 1.82) is 0 Å². The third-order valence-electron chi connectivity index (χ3n) is 5.08. The SMILES string of the molecule is CC(=O)Nc1ccc(Nc2ncc3nc(-c4ccccc4F)c4cc(Cl)ccc4c3n2)cc1. The monoisotopic (exact) mass is 457 g/mol. The van der Waals surface area contributed by atoms with Crippen molar-refractivity contribution in [2.45, 2.75) is 6.92 Å². The van der Waals surface area contributed by atoms with Gasteiger partial charge in [-0.15, -0.1) is 0 Å². The minimum absolute atomic E-state index is 0.136. The number of benzene rings is 3. The molecule has 3 aromatic carbocycles. The largest absolute Gasteiger partial charge is 0.326 e. The quantitative estimate of drug-likeness (QED) is 0.308. The van der Waals surface area contributed by atoms with Crippen LogP contribution in [0.5, 0.6) is 0 Å². The zero-order chi connectivity index (χ0) is 22.9. The van der Waals surface area contributed by atoms with Crippen molar-refractivity contribution < 1.29 is 9.18 Å². The summed E-state index contributed by atoms with van der Waals surface area (Å²) < 4.78 is 14.6. The first-order valence-electron chi connectivity index (χ1n) is 10.1. The molecule has 0 aliphatic heterocycles. The van der Waals surface area contributed by atoms with Gasteiger partial charge in [-0.05, 0) is 48.5 Å². The zero-order valence-corrected chi connectivity index (χ0v) is 18.2. The summed E-state index contributed by atoms with van der Waals surface area (Å²) in [7, 11) is 0. The molecule has 6 nitrogen and oxygen atoms in total. The van der Waals surface area contributed by atoms with E-state index in [-0.39, 0.29) is 11.7 Å². The number of nitrogens with zero attached hydrogens (tertiary/aromatic N) is 3. The molecule has 2 aromatic heterocycles. The molecule has 0 unspecified atom stereocenters. The number of fused-ring (bicyclic) bond motifs is 3. The van der Waals surface area contributed by atoms with E-state index in [2.05, 4.69) is 25.6 Å². The molecule has 0 aliphatic rings. The highest BCUT2D eigenvalue weighted by atomic mass is 35.5. The third kappa shape index (κ3) is 4.18. The van der Waals surface area contributed by atoms with Crippen molar-refractivity contribution in [2.24, 2.45) is 0 Å². The van der Waals surface area contributed by atoms with Gasteiger partial charge in [-0.25, -0.2) is 19.3 Å². The number of carbonyl (C=O) groups is 1. The molecule has 162 valence electrons. The van der Waals surface area contributed by atoms with Gasteiger partial charge in [0.05, 0.1) is 11.9 Å². The standard InChI is InChI=1S/C25H17ClFN5O/c1-14(33)29-16-7-9-17(10-8-16)30-25-28-13-22-24(32-25)18-11-6-15(26)12-20(18)23(31-22)19-4-2-3-5-21(19)27/h2-13H,1H3,(H,29,33)(H,28,30,32). The molecule has 2 heterocycles. The second-order valence-corrected chi connectivity index (χ2v) is 7.88. The van der Waals surface area contributed by atoms with Gasteiger partial charge in [-0.1, -0.05) is 29.8 Å². The van der Waals surface area contributed by atoms with Crippen LogP contribution in [-0.2, 0) is 4.79 Å². The van der Waals surface area contributed by atoms with Gasteiger partial charge in [-0.3, -0.25) is 4.79 Å². The van der Waals surface area contributed by atoms with Crippen molar-refractivity contribution in [3.05, 3.63) is 83.8 Å². The number of halogens is 2. The first-order chi connectivity index (χ1) is 16.0. The first-order valence-corrected chi connectivity index (χ1v) is 10.5. The van der Waals surface area contributed by atoms with Crippen LogP contribution < -0.4 is 10.6 Å². The Bertz CT molecular complexity index is 1520. The molecule has 1 amide bonds. The van der Waals surface area contributed by atoms with Gasteiger partial charge >= 0.3 is 0 Å². The summed E-state index contributed by atoms with van der Waals surface area (Å²) in [5, 5.41) is 7.89. The number of hydrogen-bond donors (Lipinski definition) is 2. The second kappa shape index (κ2) is 8.44. The maximum atomic E-state index is 14.6. The van der Waals surface area contributed by atoms with Crippen LogP contribution in [-0.4, -0.2) is 20.9 Å². The molecule has 0 atom stereocenters. The van der Waals surface area contributed by atoms with Crippen LogP contribution in [0.2, 0.25) is 5.02 Å².